The average Bonchev–Trinajstić information content (AvgIpc) is 2.81. The maximum atomic E-state index is 2.30. The van der Waals surface area contributed by atoms with Gasteiger partial charge in [-0.05, 0) is 66.5 Å². The monoisotopic (exact) mass is 276 g/mol. The van der Waals surface area contributed by atoms with Crippen LogP contribution in [-0.4, -0.2) is 0 Å². The van der Waals surface area contributed by atoms with E-state index in [1.807, 2.05) is 0 Å². The van der Waals surface area contributed by atoms with Crippen LogP contribution < -0.4 is 0 Å². The van der Waals surface area contributed by atoms with Gasteiger partial charge in [0.15, 0.2) is 0 Å². The van der Waals surface area contributed by atoms with Crippen LogP contribution in [-0.2, 0) is 12.8 Å². The van der Waals surface area contributed by atoms with Crippen LogP contribution in [0.3, 0.4) is 0 Å². The lowest BCUT2D eigenvalue weighted by Gasteiger charge is -2.11. The molecule has 0 amide bonds. The molecule has 0 radical (unpaired) electrons. The molecule has 2 aromatic carbocycles. The summed E-state index contributed by atoms with van der Waals surface area (Å²) >= 11 is 0. The third-order valence-corrected chi connectivity index (χ3v) is 4.71. The van der Waals surface area contributed by atoms with E-state index in [-0.39, 0.29) is 0 Å². The molecule has 0 heteroatoms. The molecule has 1 aliphatic rings. The first-order valence-electron chi connectivity index (χ1n) is 8.08. The Hall–Kier alpha value is -1.82. The second-order valence-electron chi connectivity index (χ2n) is 6.22. The molecular formula is C21H24. The first-order chi connectivity index (χ1) is 10.2. The summed E-state index contributed by atoms with van der Waals surface area (Å²) in [4.78, 5) is 0. The zero-order valence-electron chi connectivity index (χ0n) is 13.4. The minimum atomic E-state index is 1.11. The highest BCUT2D eigenvalue weighted by atomic mass is 14.2. The van der Waals surface area contributed by atoms with Crippen LogP contribution in [0.1, 0.15) is 50.3 Å². The molecule has 3 rings (SSSR count). The molecule has 0 aliphatic heterocycles. The van der Waals surface area contributed by atoms with Gasteiger partial charge in [0, 0.05) is 0 Å². The Morgan fingerprint density at radius 3 is 2.43 bits per heavy atom. The first-order valence-corrected chi connectivity index (χ1v) is 8.08. The van der Waals surface area contributed by atoms with Crippen molar-refractivity contribution in [2.45, 2.75) is 46.5 Å². The lowest BCUT2D eigenvalue weighted by Crippen LogP contribution is -1.90. The van der Waals surface area contributed by atoms with Crippen molar-refractivity contribution in [2.24, 2.45) is 0 Å². The number of allylic oxidation sites excluding steroid dienone is 2. The van der Waals surface area contributed by atoms with Gasteiger partial charge in [-0.2, -0.15) is 0 Å². The van der Waals surface area contributed by atoms with Crippen LogP contribution in [0.4, 0.5) is 0 Å². The standard InChI is InChI=1S/C21H24/c1-4-5-7-17-10-12-18(13-11-17)20-9-6-8-19-14-15(2)16(3)21(19)20/h6,8-13H,4-5,7,14H2,1-3H3. The molecule has 2 aromatic rings. The molecule has 0 nitrogen and oxygen atoms in total. The molecule has 0 spiro atoms. The van der Waals surface area contributed by atoms with Crippen molar-refractivity contribution < 1.29 is 0 Å². The topological polar surface area (TPSA) is 0 Å². The normalized spacial score (nSPS) is 13.7. The summed E-state index contributed by atoms with van der Waals surface area (Å²) in [7, 11) is 0. The zero-order valence-corrected chi connectivity index (χ0v) is 13.4. The third kappa shape index (κ3) is 2.68. The molecule has 0 saturated heterocycles. The summed E-state index contributed by atoms with van der Waals surface area (Å²) in [5.41, 5.74) is 10.1. The Balaban J connectivity index is 1.97. The van der Waals surface area contributed by atoms with Crippen molar-refractivity contribution in [3.8, 4) is 11.1 Å². The molecular weight excluding hydrogens is 252 g/mol. The van der Waals surface area contributed by atoms with Gasteiger partial charge in [-0.1, -0.05) is 61.4 Å². The Morgan fingerprint density at radius 1 is 0.952 bits per heavy atom. The van der Waals surface area contributed by atoms with E-state index in [1.165, 1.54) is 58.2 Å². The maximum Gasteiger partial charge on any atom is -0.00577 e. The van der Waals surface area contributed by atoms with Crippen LogP contribution in [0.2, 0.25) is 0 Å². The molecule has 0 aromatic heterocycles. The molecule has 108 valence electrons. The van der Waals surface area contributed by atoms with Gasteiger partial charge in [-0.25, -0.2) is 0 Å². The van der Waals surface area contributed by atoms with Crippen LogP contribution in [0, 0.1) is 0 Å². The van der Waals surface area contributed by atoms with Crippen molar-refractivity contribution in [3.05, 3.63) is 64.7 Å². The molecule has 0 bridgehead atoms. The molecule has 0 unspecified atom stereocenters. The number of benzene rings is 2. The highest BCUT2D eigenvalue weighted by Crippen LogP contribution is 2.39. The third-order valence-electron chi connectivity index (χ3n) is 4.71. The second-order valence-corrected chi connectivity index (χ2v) is 6.22. The predicted octanol–water partition coefficient (Wildman–Crippen LogP) is 6.05. The highest BCUT2D eigenvalue weighted by Gasteiger charge is 2.19. The molecule has 1 aliphatic carbocycles. The molecule has 0 atom stereocenters. The van der Waals surface area contributed by atoms with Crippen LogP contribution in [0.5, 0.6) is 0 Å². The number of fused-ring (bicyclic) bond motifs is 1. The summed E-state index contributed by atoms with van der Waals surface area (Å²) in [6.45, 7) is 6.77. The van der Waals surface area contributed by atoms with Gasteiger partial charge >= 0.3 is 0 Å². The van der Waals surface area contributed by atoms with Crippen molar-refractivity contribution in [1.82, 2.24) is 0 Å². The number of rotatable bonds is 4. The first kappa shape index (κ1) is 14.1. The van der Waals surface area contributed by atoms with E-state index < -0.39 is 0 Å². The molecule has 21 heavy (non-hydrogen) atoms. The Morgan fingerprint density at radius 2 is 1.71 bits per heavy atom. The fourth-order valence-electron chi connectivity index (χ4n) is 3.29. The summed E-state index contributed by atoms with van der Waals surface area (Å²) in [6, 6.07) is 15.9. The van der Waals surface area contributed by atoms with Gasteiger partial charge in [-0.15, -0.1) is 0 Å². The van der Waals surface area contributed by atoms with Gasteiger partial charge < -0.3 is 0 Å². The summed E-state index contributed by atoms with van der Waals surface area (Å²) in [5.74, 6) is 0. The van der Waals surface area contributed by atoms with E-state index in [4.69, 9.17) is 0 Å². The van der Waals surface area contributed by atoms with Gasteiger partial charge in [0.25, 0.3) is 0 Å². The van der Waals surface area contributed by atoms with E-state index in [2.05, 4.69) is 63.2 Å². The van der Waals surface area contributed by atoms with Gasteiger partial charge in [0.2, 0.25) is 0 Å². The van der Waals surface area contributed by atoms with Crippen LogP contribution in [0.25, 0.3) is 16.7 Å². The van der Waals surface area contributed by atoms with Crippen molar-refractivity contribution >= 4 is 5.57 Å². The Kier molecular flexibility index (Phi) is 3.96. The Bertz CT molecular complexity index is 672. The quantitative estimate of drug-likeness (QED) is 0.638. The smallest absolute Gasteiger partial charge is 0.00577 e. The zero-order chi connectivity index (χ0) is 14.8. The lowest BCUT2D eigenvalue weighted by molar-refractivity contribution is 0.795. The van der Waals surface area contributed by atoms with Gasteiger partial charge in [-0.3, -0.25) is 0 Å². The molecule has 0 heterocycles. The minimum absolute atomic E-state index is 1.11. The van der Waals surface area contributed by atoms with Crippen molar-refractivity contribution in [3.63, 3.8) is 0 Å². The van der Waals surface area contributed by atoms with E-state index in [9.17, 15) is 0 Å². The van der Waals surface area contributed by atoms with E-state index in [1.54, 1.807) is 0 Å². The molecule has 0 N–H and O–H groups in total. The summed E-state index contributed by atoms with van der Waals surface area (Å²) in [5, 5.41) is 0. The summed E-state index contributed by atoms with van der Waals surface area (Å²) < 4.78 is 0. The highest BCUT2D eigenvalue weighted by molar-refractivity contribution is 5.86. The fraction of sp³-hybridized carbons (Fsp3) is 0.333. The number of hydrogen-bond acceptors (Lipinski definition) is 0. The Labute approximate surface area is 128 Å². The van der Waals surface area contributed by atoms with Crippen LogP contribution in [0.15, 0.2) is 48.0 Å². The fourth-order valence-corrected chi connectivity index (χ4v) is 3.29. The van der Waals surface area contributed by atoms with E-state index >= 15 is 0 Å². The van der Waals surface area contributed by atoms with Gasteiger partial charge in [0.05, 0.1) is 0 Å². The number of aryl methyl sites for hydroxylation is 1. The number of hydrogen-bond donors (Lipinski definition) is 0. The van der Waals surface area contributed by atoms with E-state index in [0.717, 1.165) is 6.42 Å². The van der Waals surface area contributed by atoms with Crippen molar-refractivity contribution in [2.75, 3.05) is 0 Å². The largest absolute Gasteiger partial charge is 0.0654 e. The lowest BCUT2D eigenvalue weighted by atomic mass is 9.93. The number of unbranched alkanes of at least 4 members (excludes halogenated alkanes) is 1. The molecule has 0 fully saturated rings. The second kappa shape index (κ2) is 5.89. The van der Waals surface area contributed by atoms with Crippen molar-refractivity contribution in [1.29, 1.82) is 0 Å². The minimum Gasteiger partial charge on any atom is -0.0654 e. The maximum absolute atomic E-state index is 2.30. The molecule has 0 saturated carbocycles. The SMILES string of the molecule is CCCCc1ccc(-c2cccc3c2C(C)=C(C)C3)cc1. The predicted molar refractivity (Wildman–Crippen MR) is 92.5 cm³/mol. The van der Waals surface area contributed by atoms with E-state index in [0.29, 0.717) is 0 Å². The average molecular weight is 276 g/mol. The van der Waals surface area contributed by atoms with Gasteiger partial charge in [0.1, 0.15) is 0 Å². The summed E-state index contributed by atoms with van der Waals surface area (Å²) in [6.07, 6.45) is 4.85. The van der Waals surface area contributed by atoms with Crippen LogP contribution >= 0.6 is 0 Å².